The normalized spacial score (nSPS) is 10.5. The van der Waals surface area contributed by atoms with Crippen molar-refractivity contribution in [1.82, 2.24) is 20.4 Å². The molecule has 0 unspecified atom stereocenters. The minimum absolute atomic E-state index is 0.161. The summed E-state index contributed by atoms with van der Waals surface area (Å²) in [6.07, 6.45) is 0.970. The molecule has 4 N–H and O–H groups in total. The Labute approximate surface area is 119 Å². The molecule has 0 atom stereocenters. The van der Waals surface area contributed by atoms with Gasteiger partial charge in [0.25, 0.3) is 5.91 Å². The van der Waals surface area contributed by atoms with Crippen molar-refractivity contribution in [2.75, 3.05) is 17.6 Å². The van der Waals surface area contributed by atoms with Crippen LogP contribution in [0.1, 0.15) is 34.7 Å². The molecule has 0 spiro atoms. The number of amides is 1. The summed E-state index contributed by atoms with van der Waals surface area (Å²) in [7, 11) is 0. The number of hydrogen-bond donors (Lipinski definition) is 3. The number of aromatic nitrogens is 3. The number of nitrogens with two attached hydrogens (primary N) is 1. The Hall–Kier alpha value is -2.16. The van der Waals surface area contributed by atoms with E-state index in [-0.39, 0.29) is 18.3 Å². The molecule has 2 aromatic heterocycles. The van der Waals surface area contributed by atoms with Crippen molar-refractivity contribution in [3.8, 4) is 0 Å². The molecule has 0 fully saturated rings. The number of carbonyl (C=O) groups is 1. The molecule has 2 heterocycles. The van der Waals surface area contributed by atoms with Crippen LogP contribution in [0.15, 0.2) is 4.52 Å². The number of anilines is 2. The summed E-state index contributed by atoms with van der Waals surface area (Å²) in [5.74, 6) is 0.786. The molecule has 0 aromatic carbocycles. The van der Waals surface area contributed by atoms with Gasteiger partial charge in [0.05, 0.1) is 6.54 Å². The first kappa shape index (κ1) is 14.3. The van der Waals surface area contributed by atoms with Crippen molar-refractivity contribution < 1.29 is 9.32 Å². The third-order valence-corrected chi connectivity index (χ3v) is 3.38. The molecule has 20 heavy (non-hydrogen) atoms. The average Bonchev–Trinajstić information content (AvgIpc) is 3.00. The molecule has 0 saturated carbocycles. The molecule has 0 radical (unpaired) electrons. The van der Waals surface area contributed by atoms with Crippen molar-refractivity contribution in [3.05, 3.63) is 16.6 Å². The predicted octanol–water partition coefficient (Wildman–Crippen LogP) is 1.17. The van der Waals surface area contributed by atoms with Crippen LogP contribution < -0.4 is 16.4 Å². The Kier molecular flexibility index (Phi) is 4.51. The summed E-state index contributed by atoms with van der Waals surface area (Å²) >= 11 is 1.22. The number of nitrogen functional groups attached to an aromatic ring is 1. The van der Waals surface area contributed by atoms with Crippen LogP contribution >= 0.6 is 11.3 Å². The fraction of sp³-hybridized carbons (Fsp3) is 0.455. The fourth-order valence-corrected chi connectivity index (χ4v) is 2.28. The fourth-order valence-electron chi connectivity index (χ4n) is 1.45. The maximum atomic E-state index is 12.0. The molecule has 0 aliphatic heterocycles. The average molecular weight is 296 g/mol. The standard InChI is InChI=1S/C11H16N6O2S/c1-3-4-13-11-16-9(12)8(20-11)10(18)14-5-7-15-6(2)17-19-7/h3-5,12H2,1-2H3,(H,13,16)(H,14,18). The van der Waals surface area contributed by atoms with Gasteiger partial charge in [-0.15, -0.1) is 0 Å². The highest BCUT2D eigenvalue weighted by atomic mass is 32.1. The summed E-state index contributed by atoms with van der Waals surface area (Å²) in [6, 6.07) is 0. The van der Waals surface area contributed by atoms with Crippen molar-refractivity contribution in [3.63, 3.8) is 0 Å². The Bertz CT molecular complexity index is 594. The molecular weight excluding hydrogens is 280 g/mol. The lowest BCUT2D eigenvalue weighted by molar-refractivity contribution is 0.0951. The van der Waals surface area contributed by atoms with Gasteiger partial charge < -0.3 is 20.9 Å². The molecule has 0 saturated heterocycles. The molecule has 1 amide bonds. The van der Waals surface area contributed by atoms with Gasteiger partial charge in [-0.2, -0.15) is 4.98 Å². The van der Waals surface area contributed by atoms with Crippen LogP contribution in [0.2, 0.25) is 0 Å². The molecule has 108 valence electrons. The second kappa shape index (κ2) is 6.33. The number of nitrogens with one attached hydrogen (secondary N) is 2. The van der Waals surface area contributed by atoms with Crippen molar-refractivity contribution in [2.24, 2.45) is 0 Å². The lowest BCUT2D eigenvalue weighted by Crippen LogP contribution is -2.22. The monoisotopic (exact) mass is 296 g/mol. The third kappa shape index (κ3) is 3.44. The Morgan fingerprint density at radius 1 is 1.45 bits per heavy atom. The lowest BCUT2D eigenvalue weighted by atomic mass is 10.4. The molecule has 2 aromatic rings. The quantitative estimate of drug-likeness (QED) is 0.732. The first-order valence-electron chi connectivity index (χ1n) is 6.17. The maximum Gasteiger partial charge on any atom is 0.265 e. The van der Waals surface area contributed by atoms with Gasteiger partial charge in [0.2, 0.25) is 5.89 Å². The van der Waals surface area contributed by atoms with E-state index in [1.54, 1.807) is 6.92 Å². The number of hydrogen-bond acceptors (Lipinski definition) is 8. The second-order valence-electron chi connectivity index (χ2n) is 4.08. The van der Waals surface area contributed by atoms with Gasteiger partial charge in [-0.1, -0.05) is 23.4 Å². The predicted molar refractivity (Wildman–Crippen MR) is 75.5 cm³/mol. The van der Waals surface area contributed by atoms with Gasteiger partial charge in [-0.05, 0) is 13.3 Å². The summed E-state index contributed by atoms with van der Waals surface area (Å²) < 4.78 is 4.91. The van der Waals surface area contributed by atoms with Gasteiger partial charge >= 0.3 is 0 Å². The Balaban J connectivity index is 1.96. The maximum absolute atomic E-state index is 12.0. The van der Waals surface area contributed by atoms with E-state index >= 15 is 0 Å². The lowest BCUT2D eigenvalue weighted by Gasteiger charge is -1.99. The largest absolute Gasteiger partial charge is 0.382 e. The summed E-state index contributed by atoms with van der Waals surface area (Å²) in [5, 5.41) is 10.0. The molecule has 0 aliphatic rings. The number of thiazole rings is 1. The minimum Gasteiger partial charge on any atom is -0.382 e. The first-order chi connectivity index (χ1) is 9.60. The van der Waals surface area contributed by atoms with Gasteiger partial charge in [-0.25, -0.2) is 4.98 Å². The summed E-state index contributed by atoms with van der Waals surface area (Å²) in [4.78, 5) is 20.5. The second-order valence-corrected chi connectivity index (χ2v) is 5.08. The van der Waals surface area contributed by atoms with Crippen LogP contribution in [-0.2, 0) is 6.54 Å². The highest BCUT2D eigenvalue weighted by molar-refractivity contribution is 7.18. The van der Waals surface area contributed by atoms with E-state index in [4.69, 9.17) is 10.3 Å². The van der Waals surface area contributed by atoms with E-state index < -0.39 is 0 Å². The van der Waals surface area contributed by atoms with Crippen LogP contribution in [0.5, 0.6) is 0 Å². The van der Waals surface area contributed by atoms with Crippen molar-refractivity contribution in [1.29, 1.82) is 0 Å². The number of carbonyl (C=O) groups excluding carboxylic acids is 1. The zero-order chi connectivity index (χ0) is 14.5. The van der Waals surface area contributed by atoms with Crippen molar-refractivity contribution in [2.45, 2.75) is 26.8 Å². The Morgan fingerprint density at radius 2 is 2.25 bits per heavy atom. The topological polar surface area (TPSA) is 119 Å². The summed E-state index contributed by atoms with van der Waals surface area (Å²) in [6.45, 7) is 4.70. The number of aryl methyl sites for hydroxylation is 1. The van der Waals surface area contributed by atoms with Crippen LogP contribution in [0, 0.1) is 6.92 Å². The zero-order valence-corrected chi connectivity index (χ0v) is 12.1. The molecule has 9 heteroatoms. The highest BCUT2D eigenvalue weighted by Crippen LogP contribution is 2.24. The number of rotatable bonds is 6. The smallest absolute Gasteiger partial charge is 0.265 e. The van der Waals surface area contributed by atoms with Gasteiger partial charge in [-0.3, -0.25) is 4.79 Å². The third-order valence-electron chi connectivity index (χ3n) is 2.36. The van der Waals surface area contributed by atoms with E-state index in [9.17, 15) is 4.79 Å². The van der Waals surface area contributed by atoms with Crippen LogP contribution in [-0.4, -0.2) is 27.6 Å². The SMILES string of the molecule is CCCNc1nc(N)c(C(=O)NCc2nc(C)no2)s1. The zero-order valence-electron chi connectivity index (χ0n) is 11.3. The van der Waals surface area contributed by atoms with E-state index in [0.29, 0.717) is 21.7 Å². The molecule has 2 rings (SSSR count). The van der Waals surface area contributed by atoms with Gasteiger partial charge in [0.1, 0.15) is 10.7 Å². The molecular formula is C11H16N6O2S. The van der Waals surface area contributed by atoms with E-state index in [2.05, 4.69) is 25.8 Å². The van der Waals surface area contributed by atoms with E-state index in [1.807, 2.05) is 6.92 Å². The minimum atomic E-state index is -0.305. The summed E-state index contributed by atoms with van der Waals surface area (Å²) in [5.41, 5.74) is 5.73. The van der Waals surface area contributed by atoms with E-state index in [1.165, 1.54) is 11.3 Å². The highest BCUT2D eigenvalue weighted by Gasteiger charge is 2.16. The molecule has 0 bridgehead atoms. The number of nitrogens with zero attached hydrogens (tertiary/aromatic N) is 3. The first-order valence-corrected chi connectivity index (χ1v) is 6.99. The van der Waals surface area contributed by atoms with Crippen LogP contribution in [0.3, 0.4) is 0 Å². The molecule has 8 nitrogen and oxygen atoms in total. The van der Waals surface area contributed by atoms with Crippen LogP contribution in [0.25, 0.3) is 0 Å². The Morgan fingerprint density at radius 3 is 2.90 bits per heavy atom. The van der Waals surface area contributed by atoms with Gasteiger partial charge in [0.15, 0.2) is 11.0 Å². The van der Waals surface area contributed by atoms with Crippen LogP contribution in [0.4, 0.5) is 10.9 Å². The van der Waals surface area contributed by atoms with E-state index in [0.717, 1.165) is 13.0 Å². The van der Waals surface area contributed by atoms with Gasteiger partial charge in [0, 0.05) is 6.54 Å². The molecule has 0 aliphatic carbocycles. The van der Waals surface area contributed by atoms with Crippen molar-refractivity contribution >= 4 is 28.2 Å².